The molecule has 0 radical (unpaired) electrons. The normalized spacial score (nSPS) is 27.3. The lowest BCUT2D eigenvalue weighted by Crippen LogP contribution is -2.54. The molecule has 0 aromatic rings. The molecule has 1 aliphatic heterocycles. The zero-order chi connectivity index (χ0) is 17.6. The number of carbonyl (C=O) groups excluding carboxylic acids is 1. The Hall–Kier alpha value is -0.490. The van der Waals surface area contributed by atoms with Crippen LogP contribution in [-0.2, 0) is 23.7 Å². The van der Waals surface area contributed by atoms with Gasteiger partial charge in [0.2, 0.25) is 0 Å². The zero-order valence-corrected chi connectivity index (χ0v) is 15.7. The van der Waals surface area contributed by atoms with Crippen molar-refractivity contribution in [2.45, 2.75) is 77.6 Å². The number of ether oxygens (including phenoxy) is 4. The first-order chi connectivity index (χ1) is 11.8. The summed E-state index contributed by atoms with van der Waals surface area (Å²) in [4.78, 5) is 11.4. The van der Waals surface area contributed by atoms with Crippen molar-refractivity contribution >= 4 is 6.29 Å². The molecule has 4 atom stereocenters. The van der Waals surface area contributed by atoms with Crippen LogP contribution in [0.5, 0.6) is 0 Å². The Morgan fingerprint density at radius 1 is 0.917 bits per heavy atom. The fourth-order valence-electron chi connectivity index (χ4n) is 2.73. The highest BCUT2D eigenvalue weighted by atomic mass is 16.6. The van der Waals surface area contributed by atoms with Crippen LogP contribution in [0.4, 0.5) is 0 Å². The quantitative estimate of drug-likeness (QED) is 0.357. The summed E-state index contributed by atoms with van der Waals surface area (Å²) in [5, 5.41) is 0. The highest BCUT2D eigenvalue weighted by Gasteiger charge is 2.42. The van der Waals surface area contributed by atoms with Gasteiger partial charge in [-0.2, -0.15) is 0 Å². The smallest absolute Gasteiger partial charge is 0.128 e. The van der Waals surface area contributed by atoms with Crippen molar-refractivity contribution in [3.05, 3.63) is 0 Å². The maximum absolute atomic E-state index is 11.4. The molecule has 1 aliphatic rings. The standard InChI is InChI=1S/C19H36O5/c1-4-7-10-21-15-17-19(23-12-9-6-3)18(22-11-8-5-2)16(13-20)14-24-17/h13,16-19H,4-12,14-15H2,1-3H3/t16-,17-,18-,19+/m1/s1. The molecule has 1 rings (SSSR count). The van der Waals surface area contributed by atoms with E-state index in [1.807, 2.05) is 0 Å². The van der Waals surface area contributed by atoms with E-state index in [9.17, 15) is 4.79 Å². The lowest BCUT2D eigenvalue weighted by molar-refractivity contribution is -0.209. The fraction of sp³-hybridized carbons (Fsp3) is 0.947. The lowest BCUT2D eigenvalue weighted by Gasteiger charge is -2.40. The molecule has 5 heteroatoms. The van der Waals surface area contributed by atoms with E-state index in [0.717, 1.165) is 51.4 Å². The molecule has 0 spiro atoms. The molecule has 1 saturated heterocycles. The maximum atomic E-state index is 11.4. The molecule has 0 aliphatic carbocycles. The summed E-state index contributed by atoms with van der Waals surface area (Å²) in [7, 11) is 0. The van der Waals surface area contributed by atoms with Crippen LogP contribution < -0.4 is 0 Å². The molecule has 1 fully saturated rings. The van der Waals surface area contributed by atoms with Gasteiger partial charge >= 0.3 is 0 Å². The second kappa shape index (κ2) is 13.8. The van der Waals surface area contributed by atoms with Gasteiger partial charge < -0.3 is 23.7 Å². The first-order valence-electron chi connectivity index (χ1n) is 9.66. The Morgan fingerprint density at radius 3 is 2.08 bits per heavy atom. The van der Waals surface area contributed by atoms with Crippen LogP contribution in [0, 0.1) is 5.92 Å². The Labute approximate surface area is 147 Å². The molecule has 0 aromatic heterocycles. The number of hydrogen-bond acceptors (Lipinski definition) is 5. The molecule has 0 saturated carbocycles. The van der Waals surface area contributed by atoms with Crippen molar-refractivity contribution in [2.24, 2.45) is 5.92 Å². The highest BCUT2D eigenvalue weighted by molar-refractivity contribution is 5.55. The summed E-state index contributed by atoms with van der Waals surface area (Å²) in [5.41, 5.74) is 0. The minimum absolute atomic E-state index is 0.165. The van der Waals surface area contributed by atoms with Crippen molar-refractivity contribution in [3.63, 3.8) is 0 Å². The van der Waals surface area contributed by atoms with Crippen LogP contribution in [0.3, 0.4) is 0 Å². The minimum Gasteiger partial charge on any atom is -0.379 e. The predicted molar refractivity (Wildman–Crippen MR) is 94.3 cm³/mol. The van der Waals surface area contributed by atoms with Crippen molar-refractivity contribution in [2.75, 3.05) is 33.0 Å². The second-order valence-corrected chi connectivity index (χ2v) is 6.48. The average Bonchev–Trinajstić information content (AvgIpc) is 2.60. The Kier molecular flexibility index (Phi) is 12.4. The summed E-state index contributed by atoms with van der Waals surface area (Å²) in [6, 6.07) is 0. The molecule has 0 amide bonds. The van der Waals surface area contributed by atoms with Crippen molar-refractivity contribution in [3.8, 4) is 0 Å². The molecule has 0 bridgehead atoms. The largest absolute Gasteiger partial charge is 0.379 e. The number of aldehydes is 1. The van der Waals surface area contributed by atoms with E-state index in [-0.39, 0.29) is 24.2 Å². The maximum Gasteiger partial charge on any atom is 0.128 e. The highest BCUT2D eigenvalue weighted by Crippen LogP contribution is 2.26. The van der Waals surface area contributed by atoms with E-state index in [1.165, 1.54) is 0 Å². The zero-order valence-electron chi connectivity index (χ0n) is 15.7. The molecule has 0 unspecified atom stereocenters. The fourth-order valence-corrected chi connectivity index (χ4v) is 2.73. The third kappa shape index (κ3) is 7.60. The van der Waals surface area contributed by atoms with Crippen LogP contribution in [0.2, 0.25) is 0 Å². The van der Waals surface area contributed by atoms with Gasteiger partial charge in [0.05, 0.1) is 25.2 Å². The number of carbonyl (C=O) groups is 1. The first-order valence-corrected chi connectivity index (χ1v) is 9.66. The number of rotatable bonds is 14. The summed E-state index contributed by atoms with van der Waals surface area (Å²) < 4.78 is 23.7. The molecule has 1 heterocycles. The van der Waals surface area contributed by atoms with Gasteiger partial charge in [-0.25, -0.2) is 0 Å². The van der Waals surface area contributed by atoms with Gasteiger partial charge in [-0.05, 0) is 19.3 Å². The monoisotopic (exact) mass is 344 g/mol. The van der Waals surface area contributed by atoms with E-state index >= 15 is 0 Å². The summed E-state index contributed by atoms with van der Waals surface area (Å²) >= 11 is 0. The molecular formula is C19H36O5. The third-order valence-electron chi connectivity index (χ3n) is 4.33. The number of unbranched alkanes of at least 4 members (excludes halogenated alkanes) is 3. The summed E-state index contributed by atoms with van der Waals surface area (Å²) in [5.74, 6) is -0.264. The summed E-state index contributed by atoms with van der Waals surface area (Å²) in [6.45, 7) is 9.34. The third-order valence-corrected chi connectivity index (χ3v) is 4.33. The Morgan fingerprint density at radius 2 is 1.50 bits per heavy atom. The van der Waals surface area contributed by atoms with E-state index < -0.39 is 0 Å². The molecule has 24 heavy (non-hydrogen) atoms. The first kappa shape index (κ1) is 21.6. The molecule has 0 aromatic carbocycles. The van der Waals surface area contributed by atoms with Gasteiger partial charge in [-0.3, -0.25) is 0 Å². The average molecular weight is 344 g/mol. The number of hydrogen-bond donors (Lipinski definition) is 0. The Bertz CT molecular complexity index is 310. The molecule has 0 N–H and O–H groups in total. The molecule has 5 nitrogen and oxygen atoms in total. The van der Waals surface area contributed by atoms with Crippen LogP contribution in [-0.4, -0.2) is 57.6 Å². The lowest BCUT2D eigenvalue weighted by atomic mass is 9.93. The van der Waals surface area contributed by atoms with Crippen LogP contribution >= 0.6 is 0 Å². The van der Waals surface area contributed by atoms with Crippen LogP contribution in [0.25, 0.3) is 0 Å². The van der Waals surface area contributed by atoms with Gasteiger partial charge in [0.1, 0.15) is 18.5 Å². The Balaban J connectivity index is 2.66. The SMILES string of the molecule is CCCCOC[C@H]1OC[C@@H](C=O)[C@@H](OCCCC)[C@H]1OCCCC. The van der Waals surface area contributed by atoms with Gasteiger partial charge in [-0.1, -0.05) is 40.0 Å². The van der Waals surface area contributed by atoms with E-state index in [2.05, 4.69) is 20.8 Å². The minimum atomic E-state index is -0.264. The molecule has 142 valence electrons. The van der Waals surface area contributed by atoms with Crippen molar-refractivity contribution in [1.29, 1.82) is 0 Å². The second-order valence-electron chi connectivity index (χ2n) is 6.48. The van der Waals surface area contributed by atoms with Crippen molar-refractivity contribution < 1.29 is 23.7 Å². The van der Waals surface area contributed by atoms with Crippen molar-refractivity contribution in [1.82, 2.24) is 0 Å². The van der Waals surface area contributed by atoms with E-state index in [4.69, 9.17) is 18.9 Å². The summed E-state index contributed by atoms with van der Waals surface area (Å²) in [6.07, 6.45) is 6.58. The molecular weight excluding hydrogens is 308 g/mol. The van der Waals surface area contributed by atoms with Gasteiger partial charge in [-0.15, -0.1) is 0 Å². The van der Waals surface area contributed by atoms with Gasteiger partial charge in [0.15, 0.2) is 0 Å². The van der Waals surface area contributed by atoms with E-state index in [0.29, 0.717) is 26.4 Å². The van der Waals surface area contributed by atoms with Gasteiger partial charge in [0.25, 0.3) is 0 Å². The predicted octanol–water partition coefficient (Wildman–Crippen LogP) is 3.39. The van der Waals surface area contributed by atoms with Crippen LogP contribution in [0.1, 0.15) is 59.3 Å². The van der Waals surface area contributed by atoms with E-state index in [1.54, 1.807) is 0 Å². The van der Waals surface area contributed by atoms with Gasteiger partial charge in [0, 0.05) is 19.8 Å². The topological polar surface area (TPSA) is 54.0 Å². The van der Waals surface area contributed by atoms with Crippen LogP contribution in [0.15, 0.2) is 0 Å².